The Balaban J connectivity index is 4.61. The molecule has 0 aliphatic heterocycles. The molecule has 0 radical (unpaired) electrons. The third-order valence-corrected chi connectivity index (χ3v) is 9.23. The van der Waals surface area contributed by atoms with Crippen LogP contribution >= 0.6 is 0 Å². The van der Waals surface area contributed by atoms with Gasteiger partial charge in [-0.1, -0.05) is 117 Å². The Labute approximate surface area is 264 Å². The Morgan fingerprint density at radius 3 is 1.26 bits per heavy atom. The summed E-state index contributed by atoms with van der Waals surface area (Å²) in [6.45, 7) is 9.03. The van der Waals surface area contributed by atoms with E-state index in [1.54, 1.807) is 6.92 Å². The molecule has 0 aromatic heterocycles. The van der Waals surface area contributed by atoms with Crippen molar-refractivity contribution >= 4 is 17.9 Å². The number of hydrogen-bond donors (Lipinski definition) is 2. The number of carboxylic acids is 3. The second kappa shape index (κ2) is 26.5. The lowest BCUT2D eigenvalue weighted by molar-refractivity contribution is -0.935. The van der Waals surface area contributed by atoms with Crippen molar-refractivity contribution in [3.8, 4) is 0 Å². The fourth-order valence-electron chi connectivity index (χ4n) is 6.25. The summed E-state index contributed by atoms with van der Waals surface area (Å²) in [5.74, 6) is -4.94. The Bertz CT molecular complexity index is 692. The first-order valence-electron chi connectivity index (χ1n) is 17.8. The highest BCUT2D eigenvalue weighted by atomic mass is 16.4. The average molecular weight is 610 g/mol. The van der Waals surface area contributed by atoms with Gasteiger partial charge >= 0.3 is 11.9 Å². The third-order valence-electron chi connectivity index (χ3n) is 9.23. The SMILES string of the molecule is CCCC/C=C/CCCCCCCCCCCCCCC[N+](CC(CC)C(=O)[O-])(CC(CC)C(=O)O)CC(CC)C(=O)O. The molecule has 3 unspecified atom stereocenters. The van der Waals surface area contributed by atoms with Crippen molar-refractivity contribution in [2.45, 2.75) is 156 Å². The van der Waals surface area contributed by atoms with E-state index in [1.165, 1.54) is 89.9 Å². The van der Waals surface area contributed by atoms with Crippen LogP contribution in [0.1, 0.15) is 156 Å². The largest absolute Gasteiger partial charge is 0.550 e. The molecule has 0 aliphatic rings. The van der Waals surface area contributed by atoms with Crippen molar-refractivity contribution in [3.05, 3.63) is 12.2 Å². The maximum absolute atomic E-state index is 12.0. The Hall–Kier alpha value is -1.89. The summed E-state index contributed by atoms with van der Waals surface area (Å²) in [7, 11) is 0. The number of hydrogen-bond acceptors (Lipinski definition) is 4. The van der Waals surface area contributed by atoms with Gasteiger partial charge in [0.05, 0.1) is 32.1 Å². The predicted octanol–water partition coefficient (Wildman–Crippen LogP) is 8.01. The van der Waals surface area contributed by atoms with Crippen molar-refractivity contribution in [1.29, 1.82) is 0 Å². The van der Waals surface area contributed by atoms with Gasteiger partial charge in [0, 0.05) is 5.92 Å². The standard InChI is InChI=1S/C36H67NO6/c1-5-9-10-11-12-13-14-15-16-17-18-19-20-21-22-23-24-25-26-27-37(28-31(6-2)34(38)39,29-32(7-3)35(40)41)30-33(8-4)36(42)43/h11-12,31-33H,5-10,13-30H2,1-4H3,(H2-,38,39,40,41,42,43)/b12-11+. The van der Waals surface area contributed by atoms with Crippen molar-refractivity contribution < 1.29 is 34.2 Å². The number of allylic oxidation sites excluding steroid dienone is 2. The van der Waals surface area contributed by atoms with Gasteiger partial charge in [0.15, 0.2) is 0 Å². The first kappa shape index (κ1) is 41.1. The molecule has 0 bridgehead atoms. The molecule has 0 aromatic rings. The zero-order valence-electron chi connectivity index (χ0n) is 28.3. The average Bonchev–Trinajstić information content (AvgIpc) is 2.98. The zero-order chi connectivity index (χ0) is 32.3. The van der Waals surface area contributed by atoms with E-state index in [4.69, 9.17) is 0 Å². The van der Waals surface area contributed by atoms with Gasteiger partial charge in [-0.05, 0) is 51.4 Å². The number of quaternary nitrogens is 1. The number of nitrogens with zero attached hydrogens (tertiary/aromatic N) is 1. The van der Waals surface area contributed by atoms with Gasteiger partial charge in [-0.3, -0.25) is 9.59 Å². The van der Waals surface area contributed by atoms with E-state index in [0.29, 0.717) is 25.8 Å². The van der Waals surface area contributed by atoms with Crippen LogP contribution in [0.25, 0.3) is 0 Å². The zero-order valence-corrected chi connectivity index (χ0v) is 28.3. The molecule has 0 rings (SSSR count). The van der Waals surface area contributed by atoms with E-state index in [9.17, 15) is 29.7 Å². The Morgan fingerprint density at radius 2 is 0.907 bits per heavy atom. The van der Waals surface area contributed by atoms with E-state index in [-0.39, 0.29) is 24.1 Å². The van der Waals surface area contributed by atoms with Crippen LogP contribution in [0.3, 0.4) is 0 Å². The molecular weight excluding hydrogens is 542 g/mol. The fraction of sp³-hybridized carbons (Fsp3) is 0.861. The lowest BCUT2D eigenvalue weighted by atomic mass is 9.95. The minimum Gasteiger partial charge on any atom is -0.550 e. The van der Waals surface area contributed by atoms with Gasteiger partial charge in [0.25, 0.3) is 0 Å². The number of carbonyl (C=O) groups is 3. The third kappa shape index (κ3) is 20.7. The second-order valence-electron chi connectivity index (χ2n) is 12.9. The normalized spacial score (nSPS) is 15.3. The molecule has 252 valence electrons. The molecule has 7 heteroatoms. The summed E-state index contributed by atoms with van der Waals surface area (Å²) in [6.07, 6.45) is 26.8. The van der Waals surface area contributed by atoms with Gasteiger partial charge in [-0.15, -0.1) is 0 Å². The highest BCUT2D eigenvalue weighted by Crippen LogP contribution is 2.25. The van der Waals surface area contributed by atoms with Crippen LogP contribution < -0.4 is 5.11 Å². The highest BCUT2D eigenvalue weighted by molar-refractivity contribution is 5.70. The molecule has 0 spiro atoms. The molecule has 0 saturated carbocycles. The van der Waals surface area contributed by atoms with Crippen LogP contribution in [0, 0.1) is 17.8 Å². The minimum absolute atomic E-state index is 0.220. The van der Waals surface area contributed by atoms with Gasteiger partial charge in [0.2, 0.25) is 0 Å². The topological polar surface area (TPSA) is 115 Å². The summed E-state index contributed by atoms with van der Waals surface area (Å²) in [5.41, 5.74) is 0. The van der Waals surface area contributed by atoms with E-state index in [2.05, 4.69) is 19.1 Å². The maximum atomic E-state index is 12.0. The number of aliphatic carboxylic acids is 3. The van der Waals surface area contributed by atoms with E-state index < -0.39 is 35.7 Å². The van der Waals surface area contributed by atoms with Crippen LogP contribution in [-0.2, 0) is 14.4 Å². The predicted molar refractivity (Wildman–Crippen MR) is 175 cm³/mol. The lowest BCUT2D eigenvalue weighted by Gasteiger charge is -2.44. The van der Waals surface area contributed by atoms with Crippen LogP contribution in [0.15, 0.2) is 12.2 Å². The molecule has 0 amide bonds. The molecule has 0 fully saturated rings. The van der Waals surface area contributed by atoms with Crippen molar-refractivity contribution in [1.82, 2.24) is 0 Å². The molecular formula is C36H67NO6. The van der Waals surface area contributed by atoms with Gasteiger partial charge in [0.1, 0.15) is 11.8 Å². The maximum Gasteiger partial charge on any atom is 0.312 e. The second-order valence-corrected chi connectivity index (χ2v) is 12.9. The molecule has 7 nitrogen and oxygen atoms in total. The Morgan fingerprint density at radius 1 is 0.558 bits per heavy atom. The molecule has 2 N–H and O–H groups in total. The van der Waals surface area contributed by atoms with E-state index >= 15 is 0 Å². The number of carbonyl (C=O) groups excluding carboxylic acids is 1. The molecule has 0 heterocycles. The van der Waals surface area contributed by atoms with Crippen LogP contribution in [-0.4, -0.2) is 58.8 Å². The molecule has 0 aliphatic carbocycles. The van der Waals surface area contributed by atoms with Gasteiger partial charge in [-0.25, -0.2) is 0 Å². The monoisotopic (exact) mass is 609 g/mol. The van der Waals surface area contributed by atoms with Crippen molar-refractivity contribution in [2.24, 2.45) is 17.8 Å². The van der Waals surface area contributed by atoms with E-state index in [0.717, 1.165) is 19.3 Å². The first-order valence-corrected chi connectivity index (χ1v) is 17.8. The molecule has 0 saturated heterocycles. The highest BCUT2D eigenvalue weighted by Gasteiger charge is 2.39. The molecule has 43 heavy (non-hydrogen) atoms. The minimum atomic E-state index is -1.14. The smallest absolute Gasteiger partial charge is 0.312 e. The summed E-state index contributed by atoms with van der Waals surface area (Å²) >= 11 is 0. The van der Waals surface area contributed by atoms with Gasteiger partial charge < -0.3 is 24.6 Å². The van der Waals surface area contributed by atoms with Crippen LogP contribution in [0.2, 0.25) is 0 Å². The summed E-state index contributed by atoms with van der Waals surface area (Å²) in [5, 5.41) is 31.5. The quantitative estimate of drug-likeness (QED) is 0.0467. The number of unbranched alkanes of at least 4 members (excludes halogenated alkanes) is 15. The Kier molecular flexibility index (Phi) is 25.3. The van der Waals surface area contributed by atoms with Crippen LogP contribution in [0.5, 0.6) is 0 Å². The molecule has 3 atom stereocenters. The summed E-state index contributed by atoms with van der Waals surface area (Å²) in [6, 6.07) is 0. The summed E-state index contributed by atoms with van der Waals surface area (Å²) < 4.78 is 0.220. The number of rotatable bonds is 31. The number of carboxylic acid groups (broad SMARTS) is 3. The van der Waals surface area contributed by atoms with E-state index in [1.807, 2.05) is 13.8 Å². The van der Waals surface area contributed by atoms with Gasteiger partial charge in [-0.2, -0.15) is 0 Å². The van der Waals surface area contributed by atoms with Crippen molar-refractivity contribution in [2.75, 3.05) is 26.2 Å². The van der Waals surface area contributed by atoms with Crippen molar-refractivity contribution in [3.63, 3.8) is 0 Å². The molecule has 0 aromatic carbocycles. The first-order chi connectivity index (χ1) is 20.7. The summed E-state index contributed by atoms with van der Waals surface area (Å²) in [4.78, 5) is 35.8. The fourth-order valence-corrected chi connectivity index (χ4v) is 6.25. The van der Waals surface area contributed by atoms with Crippen LogP contribution in [0.4, 0.5) is 0 Å². The lowest BCUT2D eigenvalue weighted by Crippen LogP contribution is -2.59.